The molecule has 4 aromatic rings. The van der Waals surface area contributed by atoms with Gasteiger partial charge < -0.3 is 14.0 Å². The molecular formula is C32H32IN3O4S. The molecule has 1 aliphatic rings. The minimum Gasteiger partial charge on any atom is -0.491 e. The van der Waals surface area contributed by atoms with Gasteiger partial charge in [-0.25, -0.2) is 9.79 Å². The Bertz CT molecular complexity index is 1860. The van der Waals surface area contributed by atoms with Crippen LogP contribution in [0.3, 0.4) is 0 Å². The summed E-state index contributed by atoms with van der Waals surface area (Å²) in [7, 11) is 0. The first-order valence-electron chi connectivity index (χ1n) is 13.5. The van der Waals surface area contributed by atoms with Crippen LogP contribution in [0.1, 0.15) is 56.3 Å². The summed E-state index contributed by atoms with van der Waals surface area (Å²) in [5, 5.41) is 0. The number of thiazole rings is 1. The van der Waals surface area contributed by atoms with Gasteiger partial charge in [0.25, 0.3) is 5.56 Å². The fourth-order valence-corrected chi connectivity index (χ4v) is 6.81. The first-order chi connectivity index (χ1) is 19.6. The van der Waals surface area contributed by atoms with Crippen molar-refractivity contribution in [1.82, 2.24) is 9.13 Å². The number of aromatic nitrogens is 2. The van der Waals surface area contributed by atoms with Gasteiger partial charge in [-0.15, -0.1) is 0 Å². The van der Waals surface area contributed by atoms with Crippen molar-refractivity contribution in [3.05, 3.63) is 112 Å². The van der Waals surface area contributed by atoms with Crippen LogP contribution in [0.25, 0.3) is 11.8 Å². The van der Waals surface area contributed by atoms with Gasteiger partial charge in [-0.2, -0.15) is 0 Å². The highest BCUT2D eigenvalue weighted by Gasteiger charge is 2.35. The maximum Gasteiger partial charge on any atom is 0.338 e. The fraction of sp³-hybridized carbons (Fsp3) is 0.281. The molecule has 0 bridgehead atoms. The summed E-state index contributed by atoms with van der Waals surface area (Å²) in [5.74, 6) is 0.119. The van der Waals surface area contributed by atoms with Crippen LogP contribution in [0.2, 0.25) is 0 Å². The van der Waals surface area contributed by atoms with Crippen LogP contribution in [-0.4, -0.2) is 27.8 Å². The molecule has 0 N–H and O–H groups in total. The highest BCUT2D eigenvalue weighted by atomic mass is 127. The van der Waals surface area contributed by atoms with E-state index in [2.05, 4.69) is 65.3 Å². The molecule has 1 aliphatic heterocycles. The highest BCUT2D eigenvalue weighted by molar-refractivity contribution is 14.1. The average molecular weight is 682 g/mol. The number of carbonyl (C=O) groups is 1. The first-order valence-corrected chi connectivity index (χ1v) is 15.4. The Balaban J connectivity index is 1.72. The number of allylic oxidation sites excluding steroid dienone is 1. The standard InChI is InChI=1S/C32H32IN3O4S/c1-7-39-31(38)28-20(5)34-32-36(29(28)25-13-8-9-14-26(25)40-18(2)3)30(37)27(41-32)16-22-15-19(4)35(21(22)6)24-12-10-11-23(33)17-24/h8-18,29H,7H2,1-6H3/b27-16+/t29-/m1/s1. The molecule has 2 aromatic heterocycles. The van der Waals surface area contributed by atoms with Crippen molar-refractivity contribution in [2.45, 2.75) is 53.7 Å². The first kappa shape index (κ1) is 29.1. The van der Waals surface area contributed by atoms with E-state index < -0.39 is 12.0 Å². The van der Waals surface area contributed by atoms with E-state index in [0.717, 1.165) is 26.2 Å². The summed E-state index contributed by atoms with van der Waals surface area (Å²) >= 11 is 3.63. The van der Waals surface area contributed by atoms with Crippen molar-refractivity contribution >= 4 is 46.0 Å². The summed E-state index contributed by atoms with van der Waals surface area (Å²) in [6.45, 7) is 11.8. The van der Waals surface area contributed by atoms with Crippen molar-refractivity contribution in [3.63, 3.8) is 0 Å². The SMILES string of the molecule is CCOC(=O)C1=C(C)N=c2s/c(=C/c3cc(C)n(-c4cccc(I)c4)c3C)c(=O)n2[C@@H]1c1ccccc1OC(C)C. The molecule has 0 saturated carbocycles. The van der Waals surface area contributed by atoms with E-state index in [9.17, 15) is 9.59 Å². The fourth-order valence-electron chi connectivity index (χ4n) is 5.24. The van der Waals surface area contributed by atoms with Gasteiger partial charge in [0.15, 0.2) is 4.80 Å². The van der Waals surface area contributed by atoms with Gasteiger partial charge in [0.05, 0.1) is 28.5 Å². The normalized spacial score (nSPS) is 15.2. The molecule has 3 heterocycles. The predicted molar refractivity (Wildman–Crippen MR) is 171 cm³/mol. The Morgan fingerprint density at radius 3 is 2.59 bits per heavy atom. The molecule has 7 nitrogen and oxygen atoms in total. The quantitative estimate of drug-likeness (QED) is 0.188. The van der Waals surface area contributed by atoms with Gasteiger partial charge in [0.1, 0.15) is 11.8 Å². The smallest absolute Gasteiger partial charge is 0.338 e. The average Bonchev–Trinajstić information content (AvgIpc) is 3.37. The third-order valence-corrected chi connectivity index (χ3v) is 8.57. The number of hydrogen-bond acceptors (Lipinski definition) is 6. The van der Waals surface area contributed by atoms with Crippen molar-refractivity contribution in [2.75, 3.05) is 6.61 Å². The maximum absolute atomic E-state index is 14.1. The van der Waals surface area contributed by atoms with E-state index in [0.29, 0.717) is 31.9 Å². The molecule has 1 atom stereocenters. The second-order valence-electron chi connectivity index (χ2n) is 10.1. The van der Waals surface area contributed by atoms with Gasteiger partial charge in [-0.1, -0.05) is 35.6 Å². The van der Waals surface area contributed by atoms with Gasteiger partial charge in [-0.05, 0) is 106 Å². The molecule has 0 radical (unpaired) electrons. The molecule has 0 aliphatic carbocycles. The van der Waals surface area contributed by atoms with Gasteiger partial charge >= 0.3 is 5.97 Å². The molecule has 41 heavy (non-hydrogen) atoms. The highest BCUT2D eigenvalue weighted by Crippen LogP contribution is 2.36. The summed E-state index contributed by atoms with van der Waals surface area (Å²) in [4.78, 5) is 32.7. The van der Waals surface area contributed by atoms with E-state index in [4.69, 9.17) is 14.5 Å². The lowest BCUT2D eigenvalue weighted by Gasteiger charge is -2.26. The van der Waals surface area contributed by atoms with Crippen LogP contribution < -0.4 is 19.6 Å². The Kier molecular flexibility index (Phi) is 8.37. The summed E-state index contributed by atoms with van der Waals surface area (Å²) in [6, 6.07) is 17.2. The van der Waals surface area contributed by atoms with Crippen LogP contribution in [-0.2, 0) is 9.53 Å². The molecule has 212 valence electrons. The number of aryl methyl sites for hydroxylation is 1. The number of nitrogens with zero attached hydrogens (tertiary/aromatic N) is 3. The van der Waals surface area contributed by atoms with E-state index in [1.165, 1.54) is 11.3 Å². The minimum absolute atomic E-state index is 0.0914. The molecule has 9 heteroatoms. The number of halogens is 1. The van der Waals surface area contributed by atoms with Gasteiger partial charge in [0.2, 0.25) is 0 Å². The third kappa shape index (κ3) is 5.57. The lowest BCUT2D eigenvalue weighted by Crippen LogP contribution is -2.40. The Morgan fingerprint density at radius 1 is 1.12 bits per heavy atom. The second kappa shape index (κ2) is 11.8. The van der Waals surface area contributed by atoms with E-state index >= 15 is 0 Å². The number of fused-ring (bicyclic) bond motifs is 1. The molecule has 0 spiro atoms. The molecule has 0 fully saturated rings. The van der Waals surface area contributed by atoms with Crippen molar-refractivity contribution in [2.24, 2.45) is 4.99 Å². The van der Waals surface area contributed by atoms with Crippen LogP contribution >= 0.6 is 33.9 Å². The van der Waals surface area contributed by atoms with E-state index in [1.807, 2.05) is 50.3 Å². The number of rotatable bonds is 7. The topological polar surface area (TPSA) is 74.8 Å². The zero-order valence-electron chi connectivity index (χ0n) is 23.9. The molecule has 0 saturated heterocycles. The van der Waals surface area contributed by atoms with Crippen LogP contribution in [0.5, 0.6) is 5.75 Å². The van der Waals surface area contributed by atoms with Crippen LogP contribution in [0, 0.1) is 17.4 Å². The van der Waals surface area contributed by atoms with E-state index in [-0.39, 0.29) is 18.3 Å². The lowest BCUT2D eigenvalue weighted by atomic mass is 9.95. The number of ether oxygens (including phenoxy) is 2. The van der Waals surface area contributed by atoms with Crippen molar-refractivity contribution in [3.8, 4) is 11.4 Å². The molecule has 2 aromatic carbocycles. The number of hydrogen-bond donors (Lipinski definition) is 0. The number of benzene rings is 2. The van der Waals surface area contributed by atoms with Crippen LogP contribution in [0.15, 0.2) is 75.7 Å². The Labute approximate surface area is 256 Å². The van der Waals surface area contributed by atoms with Gasteiger partial charge in [-0.3, -0.25) is 9.36 Å². The van der Waals surface area contributed by atoms with Crippen molar-refractivity contribution in [1.29, 1.82) is 0 Å². The largest absolute Gasteiger partial charge is 0.491 e. The Hall–Kier alpha value is -3.44. The van der Waals surface area contributed by atoms with Crippen molar-refractivity contribution < 1.29 is 14.3 Å². The lowest BCUT2D eigenvalue weighted by molar-refractivity contribution is -0.139. The minimum atomic E-state index is -0.735. The monoisotopic (exact) mass is 681 g/mol. The molecule has 0 amide bonds. The maximum atomic E-state index is 14.1. The summed E-state index contributed by atoms with van der Waals surface area (Å²) < 4.78 is 17.1. The molecular weight excluding hydrogens is 649 g/mol. The summed E-state index contributed by atoms with van der Waals surface area (Å²) in [6.07, 6.45) is 1.83. The zero-order valence-corrected chi connectivity index (χ0v) is 26.9. The third-order valence-electron chi connectivity index (χ3n) is 6.92. The zero-order chi connectivity index (χ0) is 29.4. The predicted octanol–water partition coefficient (Wildman–Crippen LogP) is 5.60. The number of esters is 1. The molecule has 5 rings (SSSR count). The van der Waals surface area contributed by atoms with Crippen LogP contribution in [0.4, 0.5) is 0 Å². The van der Waals surface area contributed by atoms with E-state index in [1.54, 1.807) is 18.4 Å². The summed E-state index contributed by atoms with van der Waals surface area (Å²) in [5.41, 5.74) is 5.49. The number of carbonyl (C=O) groups excluding carboxylic acids is 1. The Morgan fingerprint density at radius 2 is 1.88 bits per heavy atom. The second-order valence-corrected chi connectivity index (χ2v) is 12.4. The van der Waals surface area contributed by atoms with Gasteiger partial charge in [0, 0.05) is 26.2 Å². The molecule has 0 unspecified atom stereocenters. The number of para-hydroxylation sites is 1.